The summed E-state index contributed by atoms with van der Waals surface area (Å²) in [6.07, 6.45) is 0. The van der Waals surface area contributed by atoms with Gasteiger partial charge in [0.1, 0.15) is 10.3 Å². The summed E-state index contributed by atoms with van der Waals surface area (Å²) in [5, 5.41) is 4.36. The van der Waals surface area contributed by atoms with Gasteiger partial charge in [0.25, 0.3) is 0 Å². The minimum absolute atomic E-state index is 0.488. The highest BCUT2D eigenvalue weighted by Crippen LogP contribution is 2.30. The second kappa shape index (κ2) is 8.07. The van der Waals surface area contributed by atoms with E-state index in [0.29, 0.717) is 20.4 Å². The number of benzene rings is 2. The number of pyridine rings is 2. The molecule has 0 spiro atoms. The number of rotatable bonds is 0. The number of nitrogens with zero attached hydrogens (tertiary/aromatic N) is 2. The van der Waals surface area contributed by atoms with Gasteiger partial charge in [-0.3, -0.25) is 0 Å². The number of aromatic nitrogens is 2. The van der Waals surface area contributed by atoms with Crippen molar-refractivity contribution in [2.24, 2.45) is 0 Å². The molecule has 0 fully saturated rings. The van der Waals surface area contributed by atoms with Crippen LogP contribution in [0.15, 0.2) is 59.1 Å². The highest BCUT2D eigenvalue weighted by Gasteiger charge is 2.03. The lowest BCUT2D eigenvalue weighted by Crippen LogP contribution is -1.81. The fourth-order valence-corrected chi connectivity index (χ4v) is 3.31. The molecule has 2 nitrogen and oxygen atoms in total. The molecule has 0 saturated carbocycles. The molecule has 0 aliphatic heterocycles. The van der Waals surface area contributed by atoms with E-state index < -0.39 is 0 Å². The summed E-state index contributed by atoms with van der Waals surface area (Å²) in [6, 6.07) is 16.4. The van der Waals surface area contributed by atoms with Gasteiger partial charge in [0.05, 0.1) is 16.1 Å². The van der Waals surface area contributed by atoms with E-state index in [2.05, 4.69) is 25.9 Å². The zero-order chi connectivity index (χ0) is 18.0. The maximum Gasteiger partial charge on any atom is 0.129 e. The van der Waals surface area contributed by atoms with Gasteiger partial charge < -0.3 is 0 Å². The minimum atomic E-state index is 0.488. The Morgan fingerprint density at radius 2 is 1.32 bits per heavy atom. The third kappa shape index (κ3) is 4.55. The van der Waals surface area contributed by atoms with Crippen LogP contribution in [0, 0.1) is 0 Å². The van der Waals surface area contributed by atoms with Gasteiger partial charge in [-0.2, -0.15) is 0 Å². The standard InChI is InChI=1S/C9H4BrCl2N.C9H5Cl2N/c10-9-5-1-4-8(12)13-7(5)3-2-6(9)11;10-7-2-3-8-6(5-7)1-4-9(11)12-8/h1-4H;1-5H. The number of fused-ring (bicyclic) bond motifs is 2. The summed E-state index contributed by atoms with van der Waals surface area (Å²) in [7, 11) is 0. The van der Waals surface area contributed by atoms with Crippen LogP contribution in [0.4, 0.5) is 0 Å². The van der Waals surface area contributed by atoms with Crippen LogP contribution in [-0.4, -0.2) is 9.97 Å². The van der Waals surface area contributed by atoms with E-state index in [1.807, 2.05) is 30.3 Å². The fourth-order valence-electron chi connectivity index (χ4n) is 2.19. The Kier molecular flexibility index (Phi) is 6.03. The largest absolute Gasteiger partial charge is 0.236 e. The molecule has 2 heterocycles. The summed E-state index contributed by atoms with van der Waals surface area (Å²) < 4.78 is 0.857. The lowest BCUT2D eigenvalue weighted by molar-refractivity contribution is 1.41. The minimum Gasteiger partial charge on any atom is -0.236 e. The molecule has 4 aromatic rings. The van der Waals surface area contributed by atoms with Gasteiger partial charge in [0.2, 0.25) is 0 Å². The van der Waals surface area contributed by atoms with Crippen LogP contribution in [0.1, 0.15) is 0 Å². The summed E-state index contributed by atoms with van der Waals surface area (Å²) in [5.41, 5.74) is 1.70. The van der Waals surface area contributed by atoms with Gasteiger partial charge in [-0.25, -0.2) is 9.97 Å². The molecular weight excluding hydrogens is 466 g/mol. The van der Waals surface area contributed by atoms with Crippen molar-refractivity contribution in [2.75, 3.05) is 0 Å². The number of hydrogen-bond acceptors (Lipinski definition) is 2. The molecule has 0 saturated heterocycles. The van der Waals surface area contributed by atoms with Crippen molar-refractivity contribution in [2.45, 2.75) is 0 Å². The molecule has 0 aliphatic rings. The van der Waals surface area contributed by atoms with Gasteiger partial charge in [-0.15, -0.1) is 0 Å². The third-order valence-electron chi connectivity index (χ3n) is 3.34. The topological polar surface area (TPSA) is 25.8 Å². The molecule has 0 unspecified atom stereocenters. The van der Waals surface area contributed by atoms with Gasteiger partial charge in [-0.05, 0) is 70.5 Å². The SMILES string of the molecule is Clc1ccc2c(Br)c(Cl)ccc2n1.Clc1ccc2nc(Cl)ccc2c1. The van der Waals surface area contributed by atoms with E-state index >= 15 is 0 Å². The summed E-state index contributed by atoms with van der Waals surface area (Å²) in [6.45, 7) is 0. The number of hydrogen-bond donors (Lipinski definition) is 0. The number of halogens is 5. The van der Waals surface area contributed by atoms with Crippen LogP contribution in [0.5, 0.6) is 0 Å². The van der Waals surface area contributed by atoms with Crippen LogP contribution in [-0.2, 0) is 0 Å². The normalized spacial score (nSPS) is 10.6. The van der Waals surface area contributed by atoms with Crippen LogP contribution in [0.25, 0.3) is 21.8 Å². The van der Waals surface area contributed by atoms with E-state index in [1.165, 1.54) is 0 Å². The molecule has 25 heavy (non-hydrogen) atoms. The molecule has 0 bridgehead atoms. The molecule has 126 valence electrons. The molecule has 7 heteroatoms. The smallest absolute Gasteiger partial charge is 0.129 e. The predicted octanol–water partition coefficient (Wildman–Crippen LogP) is 7.85. The van der Waals surface area contributed by atoms with Crippen LogP contribution in [0.3, 0.4) is 0 Å². The molecule has 0 aliphatic carbocycles. The first-order valence-electron chi connectivity index (χ1n) is 7.06. The third-order valence-corrected chi connectivity index (χ3v) is 5.40. The molecule has 0 N–H and O–H groups in total. The van der Waals surface area contributed by atoms with Gasteiger partial charge >= 0.3 is 0 Å². The van der Waals surface area contributed by atoms with Crippen molar-refractivity contribution >= 4 is 84.1 Å². The fraction of sp³-hybridized carbons (Fsp3) is 0. The summed E-state index contributed by atoms with van der Waals surface area (Å²) in [5.74, 6) is 0. The molecule has 4 rings (SSSR count). The first-order chi connectivity index (χ1) is 11.9. The molecule has 2 aromatic heterocycles. The molecule has 0 radical (unpaired) electrons. The monoisotopic (exact) mass is 472 g/mol. The molecule has 0 atom stereocenters. The van der Waals surface area contributed by atoms with E-state index in [9.17, 15) is 0 Å². The average molecular weight is 475 g/mol. The van der Waals surface area contributed by atoms with Crippen LogP contribution < -0.4 is 0 Å². The van der Waals surface area contributed by atoms with Crippen LogP contribution in [0.2, 0.25) is 20.4 Å². The van der Waals surface area contributed by atoms with E-state index in [1.54, 1.807) is 24.3 Å². The first-order valence-corrected chi connectivity index (χ1v) is 9.36. The van der Waals surface area contributed by atoms with E-state index in [-0.39, 0.29) is 0 Å². The van der Waals surface area contributed by atoms with Crippen LogP contribution >= 0.6 is 62.3 Å². The Balaban J connectivity index is 0.000000146. The summed E-state index contributed by atoms with van der Waals surface area (Å²) >= 11 is 26.6. The quantitative estimate of drug-likeness (QED) is 0.242. The Hall–Kier alpha value is -1.10. The molecule has 0 amide bonds. The highest BCUT2D eigenvalue weighted by atomic mass is 79.9. The van der Waals surface area contributed by atoms with Crippen molar-refractivity contribution < 1.29 is 0 Å². The highest BCUT2D eigenvalue weighted by molar-refractivity contribution is 9.10. The van der Waals surface area contributed by atoms with Gasteiger partial charge in [0, 0.05) is 20.3 Å². The Morgan fingerprint density at radius 3 is 2.08 bits per heavy atom. The predicted molar refractivity (Wildman–Crippen MR) is 111 cm³/mol. The van der Waals surface area contributed by atoms with Crippen molar-refractivity contribution in [1.29, 1.82) is 0 Å². The molecular formula is C18H9BrCl4N2. The lowest BCUT2D eigenvalue weighted by Gasteiger charge is -2.01. The summed E-state index contributed by atoms with van der Waals surface area (Å²) in [4.78, 5) is 8.28. The van der Waals surface area contributed by atoms with Crippen molar-refractivity contribution in [3.63, 3.8) is 0 Å². The van der Waals surface area contributed by atoms with Crippen molar-refractivity contribution in [1.82, 2.24) is 9.97 Å². The Labute approximate surface area is 172 Å². The van der Waals surface area contributed by atoms with E-state index in [0.717, 1.165) is 26.3 Å². The maximum absolute atomic E-state index is 5.92. The lowest BCUT2D eigenvalue weighted by atomic mass is 10.2. The second-order valence-electron chi connectivity index (χ2n) is 5.03. The van der Waals surface area contributed by atoms with Gasteiger partial charge in [-0.1, -0.05) is 46.4 Å². The average Bonchev–Trinajstić information content (AvgIpc) is 2.59. The van der Waals surface area contributed by atoms with Crippen molar-refractivity contribution in [3.8, 4) is 0 Å². The Bertz CT molecular complexity index is 1030. The maximum atomic E-state index is 5.92. The van der Waals surface area contributed by atoms with E-state index in [4.69, 9.17) is 46.4 Å². The Morgan fingerprint density at radius 1 is 0.680 bits per heavy atom. The van der Waals surface area contributed by atoms with Crippen molar-refractivity contribution in [3.05, 3.63) is 79.4 Å². The zero-order valence-corrected chi connectivity index (χ0v) is 17.1. The zero-order valence-electron chi connectivity index (χ0n) is 12.5. The first kappa shape index (κ1) is 18.7. The second-order valence-corrected chi connectivity index (χ2v) is 7.44. The molecule has 2 aromatic carbocycles. The van der Waals surface area contributed by atoms with Gasteiger partial charge in [0.15, 0.2) is 0 Å².